The first-order chi connectivity index (χ1) is 8.16. The molecule has 88 valence electrons. The molecule has 2 rings (SSSR count). The molecule has 0 radical (unpaired) electrons. The summed E-state index contributed by atoms with van der Waals surface area (Å²) in [6, 6.07) is 18.3. The van der Waals surface area contributed by atoms with Gasteiger partial charge in [-0.3, -0.25) is 0 Å². The second kappa shape index (κ2) is 5.45. The Labute approximate surface area is 110 Å². The van der Waals surface area contributed by atoms with Crippen LogP contribution in [0.2, 0.25) is 0 Å². The van der Waals surface area contributed by atoms with Crippen molar-refractivity contribution in [3.63, 3.8) is 0 Å². The molecule has 0 spiro atoms. The van der Waals surface area contributed by atoms with Crippen LogP contribution in [0.4, 0.5) is 0 Å². The molecule has 17 heavy (non-hydrogen) atoms. The van der Waals surface area contributed by atoms with Crippen molar-refractivity contribution in [1.29, 1.82) is 0 Å². The van der Waals surface area contributed by atoms with Crippen molar-refractivity contribution in [2.75, 3.05) is 0 Å². The average molecular weight is 285 g/mol. The average Bonchev–Trinajstić information content (AvgIpc) is 2.30. The summed E-state index contributed by atoms with van der Waals surface area (Å²) in [5.41, 5.74) is 0. The molecule has 0 fully saturated rings. The highest BCUT2D eigenvalue weighted by Crippen LogP contribution is 2.25. The van der Waals surface area contributed by atoms with E-state index >= 15 is 0 Å². The number of rotatable bonds is 4. The van der Waals surface area contributed by atoms with E-state index in [1.165, 1.54) is 0 Å². The highest BCUT2D eigenvalue weighted by atomic mass is 35.7. The molecule has 0 bridgehead atoms. The summed E-state index contributed by atoms with van der Waals surface area (Å²) in [5, 5.41) is 0. The highest BCUT2D eigenvalue weighted by molar-refractivity contribution is 7.39. The molecule has 2 aromatic rings. The van der Waals surface area contributed by atoms with Crippen LogP contribution in [0.25, 0.3) is 0 Å². The number of hydrogen-bond acceptors (Lipinski definition) is 2. The summed E-state index contributed by atoms with van der Waals surface area (Å²) in [5.74, 6) is 1.19. The van der Waals surface area contributed by atoms with Crippen LogP contribution < -0.4 is 8.85 Å². The van der Waals surface area contributed by atoms with Crippen molar-refractivity contribution >= 4 is 29.3 Å². The third-order valence-electron chi connectivity index (χ3n) is 1.96. The van der Waals surface area contributed by atoms with Crippen LogP contribution in [0.3, 0.4) is 0 Å². The van der Waals surface area contributed by atoms with Crippen LogP contribution in [0.5, 0.6) is 11.5 Å². The molecule has 0 aromatic heterocycles. The van der Waals surface area contributed by atoms with Crippen molar-refractivity contribution in [1.82, 2.24) is 0 Å². The van der Waals surface area contributed by atoms with Crippen molar-refractivity contribution in [2.45, 2.75) is 0 Å². The van der Waals surface area contributed by atoms with Gasteiger partial charge in [0.05, 0.1) is 0 Å². The minimum atomic E-state index is -3.24. The molecule has 0 heterocycles. The topological polar surface area (TPSA) is 18.5 Å². The summed E-state index contributed by atoms with van der Waals surface area (Å²) in [4.78, 5) is 0. The van der Waals surface area contributed by atoms with E-state index in [1.807, 2.05) is 36.4 Å². The molecule has 2 aromatic carbocycles. The highest BCUT2D eigenvalue weighted by Gasteiger charge is 2.39. The lowest BCUT2D eigenvalue weighted by Gasteiger charge is -2.18. The van der Waals surface area contributed by atoms with Gasteiger partial charge in [0, 0.05) is 0 Å². The molecule has 0 atom stereocenters. The fourth-order valence-corrected chi connectivity index (χ4v) is 3.20. The summed E-state index contributed by atoms with van der Waals surface area (Å²) in [6.45, 7) is 0. The Kier molecular flexibility index (Phi) is 3.94. The molecule has 0 amide bonds. The zero-order valence-electron chi connectivity index (χ0n) is 8.85. The van der Waals surface area contributed by atoms with Gasteiger partial charge in [-0.1, -0.05) is 58.6 Å². The van der Waals surface area contributed by atoms with Gasteiger partial charge in [-0.15, -0.1) is 0 Å². The van der Waals surface area contributed by atoms with E-state index in [4.69, 9.17) is 31.0 Å². The molecule has 0 aliphatic heterocycles. The van der Waals surface area contributed by atoms with Crippen LogP contribution in [-0.4, -0.2) is 7.18 Å². The smallest absolute Gasteiger partial charge is 0.490 e. The van der Waals surface area contributed by atoms with Gasteiger partial charge in [0.2, 0.25) is 0 Å². The van der Waals surface area contributed by atoms with Crippen LogP contribution in [0.1, 0.15) is 0 Å². The van der Waals surface area contributed by atoms with Gasteiger partial charge in [-0.05, 0) is 24.3 Å². The van der Waals surface area contributed by atoms with E-state index in [0.717, 1.165) is 0 Å². The van der Waals surface area contributed by atoms with Crippen molar-refractivity contribution in [3.05, 3.63) is 60.7 Å². The van der Waals surface area contributed by atoms with Gasteiger partial charge in [0.25, 0.3) is 0 Å². The Morgan fingerprint density at radius 3 is 1.35 bits per heavy atom. The van der Waals surface area contributed by atoms with E-state index in [-0.39, 0.29) is 0 Å². The number of hydrogen-bond donors (Lipinski definition) is 0. The van der Waals surface area contributed by atoms with Gasteiger partial charge >= 0.3 is 7.18 Å². The predicted octanol–water partition coefficient (Wildman–Crippen LogP) is 4.06. The molecule has 0 aliphatic rings. The number of benzene rings is 2. The molecule has 5 heteroatoms. The summed E-state index contributed by atoms with van der Waals surface area (Å²) >= 11 is 12.1. The van der Waals surface area contributed by atoms with Crippen LogP contribution in [0, 0.1) is 0 Å². The Morgan fingerprint density at radius 1 is 0.647 bits per heavy atom. The Hall–Kier alpha value is -1.16. The Morgan fingerprint density at radius 2 is 1.00 bits per heavy atom. The third-order valence-corrected chi connectivity index (χ3v) is 3.83. The van der Waals surface area contributed by atoms with Crippen LogP contribution in [-0.2, 0) is 0 Å². The lowest BCUT2D eigenvalue weighted by Crippen LogP contribution is -2.36. The minimum Gasteiger partial charge on any atom is -0.490 e. The Bertz CT molecular complexity index is 419. The summed E-state index contributed by atoms with van der Waals surface area (Å²) in [6.07, 6.45) is 0. The largest absolute Gasteiger partial charge is 0.681 e. The first-order valence-electron chi connectivity index (χ1n) is 5.02. The molecule has 0 unspecified atom stereocenters. The van der Waals surface area contributed by atoms with Crippen molar-refractivity contribution in [3.8, 4) is 11.5 Å². The molecule has 0 saturated carbocycles. The minimum absolute atomic E-state index is 0.597. The third kappa shape index (κ3) is 3.96. The normalized spacial score (nSPS) is 10.9. The quantitative estimate of drug-likeness (QED) is 0.623. The first-order valence-corrected chi connectivity index (χ1v) is 8.86. The molecule has 2 nitrogen and oxygen atoms in total. The fraction of sp³-hybridized carbons (Fsp3) is 0. The molecular weight excluding hydrogens is 275 g/mol. The predicted molar refractivity (Wildman–Crippen MR) is 71.6 cm³/mol. The lowest BCUT2D eigenvalue weighted by molar-refractivity contribution is 0.436. The molecule has 0 N–H and O–H groups in total. The maximum atomic E-state index is 6.07. The summed E-state index contributed by atoms with van der Waals surface area (Å²) < 4.78 is 10.9. The van der Waals surface area contributed by atoms with Crippen LogP contribution in [0.15, 0.2) is 60.7 Å². The maximum Gasteiger partial charge on any atom is 0.681 e. The zero-order valence-corrected chi connectivity index (χ0v) is 11.4. The second-order valence-corrected chi connectivity index (χ2v) is 8.19. The molecule has 0 saturated heterocycles. The number of para-hydroxylation sites is 2. The van der Waals surface area contributed by atoms with Gasteiger partial charge in [-0.2, -0.15) is 0 Å². The van der Waals surface area contributed by atoms with E-state index in [1.54, 1.807) is 24.3 Å². The van der Waals surface area contributed by atoms with Gasteiger partial charge in [-0.25, -0.2) is 0 Å². The first kappa shape index (κ1) is 12.3. The maximum absolute atomic E-state index is 6.07. The SMILES string of the molecule is Cl[Si](Cl)(Oc1ccccc1)Oc1ccccc1. The Balaban J connectivity index is 2.04. The van der Waals surface area contributed by atoms with Crippen molar-refractivity contribution in [2.24, 2.45) is 0 Å². The van der Waals surface area contributed by atoms with E-state index in [0.29, 0.717) is 11.5 Å². The monoisotopic (exact) mass is 284 g/mol. The summed E-state index contributed by atoms with van der Waals surface area (Å²) in [7, 11) is -3.24. The number of halogens is 2. The lowest BCUT2D eigenvalue weighted by atomic mass is 10.3. The van der Waals surface area contributed by atoms with Gasteiger partial charge in [0.15, 0.2) is 0 Å². The van der Waals surface area contributed by atoms with E-state index in [2.05, 4.69) is 0 Å². The van der Waals surface area contributed by atoms with Gasteiger partial charge < -0.3 is 8.85 Å². The van der Waals surface area contributed by atoms with E-state index in [9.17, 15) is 0 Å². The van der Waals surface area contributed by atoms with Crippen LogP contribution >= 0.6 is 22.2 Å². The van der Waals surface area contributed by atoms with Gasteiger partial charge in [0.1, 0.15) is 11.5 Å². The standard InChI is InChI=1S/C12H10Cl2O2Si/c13-17(14,15-11-7-3-1-4-8-11)16-12-9-5-2-6-10-12/h1-10H. The van der Waals surface area contributed by atoms with E-state index < -0.39 is 7.18 Å². The van der Waals surface area contributed by atoms with Crippen molar-refractivity contribution < 1.29 is 8.85 Å². The zero-order chi connectivity index (χ0) is 12.1. The molecule has 0 aliphatic carbocycles. The second-order valence-electron chi connectivity index (χ2n) is 3.29. The molecular formula is C12H10Cl2O2Si. The fourth-order valence-electron chi connectivity index (χ4n) is 1.27.